The first-order valence-corrected chi connectivity index (χ1v) is 12.9. The molecule has 1 saturated carbocycles. The van der Waals surface area contributed by atoms with E-state index in [0.29, 0.717) is 24.0 Å². The van der Waals surface area contributed by atoms with Gasteiger partial charge in [-0.25, -0.2) is 0 Å². The van der Waals surface area contributed by atoms with Crippen molar-refractivity contribution in [1.29, 1.82) is 0 Å². The number of benzene rings is 1. The zero-order chi connectivity index (χ0) is 23.5. The third kappa shape index (κ3) is 6.09. The first kappa shape index (κ1) is 24.5. The van der Waals surface area contributed by atoms with Crippen LogP contribution >= 0.6 is 11.6 Å². The maximum absolute atomic E-state index is 12.9. The molecular weight excluding hydrogens is 438 g/mol. The number of nitrogens with zero attached hydrogens (tertiary/aromatic N) is 2. The lowest BCUT2D eigenvalue weighted by Gasteiger charge is -2.41. The molecule has 2 heterocycles. The molecule has 2 amide bonds. The molecule has 4 rings (SSSR count). The zero-order valence-corrected chi connectivity index (χ0v) is 21.0. The van der Waals surface area contributed by atoms with Gasteiger partial charge >= 0.3 is 0 Å². The summed E-state index contributed by atoms with van der Waals surface area (Å²) in [6.07, 6.45) is 6.11. The highest BCUT2D eigenvalue weighted by Crippen LogP contribution is 2.30. The van der Waals surface area contributed by atoms with Crippen molar-refractivity contribution in [2.24, 2.45) is 11.8 Å². The summed E-state index contributed by atoms with van der Waals surface area (Å²) in [5.74, 6) is 0.885. The molecule has 33 heavy (non-hydrogen) atoms. The molecule has 0 aromatic heterocycles. The van der Waals surface area contributed by atoms with E-state index >= 15 is 0 Å². The van der Waals surface area contributed by atoms with E-state index in [0.717, 1.165) is 62.3 Å². The monoisotopic (exact) mass is 475 g/mol. The Balaban J connectivity index is 1.36. The molecule has 3 atom stereocenters. The minimum atomic E-state index is 0.0154. The highest BCUT2D eigenvalue weighted by atomic mass is 35.5. The summed E-state index contributed by atoms with van der Waals surface area (Å²) in [4.78, 5) is 30.0. The van der Waals surface area contributed by atoms with Gasteiger partial charge < -0.3 is 15.0 Å². The molecule has 1 N–H and O–H groups in total. The summed E-state index contributed by atoms with van der Waals surface area (Å²) >= 11 is 6.44. The average Bonchev–Trinajstić information content (AvgIpc) is 3.43. The predicted octanol–water partition coefficient (Wildman–Crippen LogP) is 4.62. The number of amides is 2. The van der Waals surface area contributed by atoms with Gasteiger partial charge in [-0.3, -0.25) is 14.5 Å². The van der Waals surface area contributed by atoms with Gasteiger partial charge in [0.15, 0.2) is 0 Å². The molecule has 0 spiro atoms. The van der Waals surface area contributed by atoms with Crippen LogP contribution in [0.5, 0.6) is 0 Å². The first-order valence-electron chi connectivity index (χ1n) is 12.5. The zero-order valence-electron chi connectivity index (χ0n) is 20.2. The summed E-state index contributed by atoms with van der Waals surface area (Å²) in [7, 11) is 0. The number of rotatable bonds is 6. The van der Waals surface area contributed by atoms with Crippen LogP contribution in [0.25, 0.3) is 0 Å². The third-order valence-electron chi connectivity index (χ3n) is 7.60. The minimum absolute atomic E-state index is 0.0154. The van der Waals surface area contributed by atoms with Crippen LogP contribution in [0, 0.1) is 18.8 Å². The molecule has 2 saturated heterocycles. The number of halogens is 1. The molecule has 3 fully saturated rings. The average molecular weight is 476 g/mol. The Labute approximate surface area is 203 Å². The van der Waals surface area contributed by atoms with Crippen molar-refractivity contribution >= 4 is 29.1 Å². The van der Waals surface area contributed by atoms with E-state index in [2.05, 4.69) is 29.0 Å². The standard InChI is InChI=1S/C26H38ClN3O3/c1-17-14-29(8-9-30(17)26(32)21-6-4-5-7-21)15-22-12-23(27)13-24(19(22)3)28-25(31)11-20-10-18(2)33-16-20/h12-13,17-18,20-21H,4-11,14-16H2,1-3H3,(H,28,31). The Hall–Kier alpha value is -1.63. The second-order valence-corrected chi connectivity index (χ2v) is 10.8. The SMILES string of the molecule is Cc1c(CN2CCN(C(=O)C3CCCC3)C(C)C2)cc(Cl)cc1NC(=O)CC1COC(C)C1. The van der Waals surface area contributed by atoms with Crippen molar-refractivity contribution in [1.82, 2.24) is 9.80 Å². The summed E-state index contributed by atoms with van der Waals surface area (Å²) in [6.45, 7) is 10.2. The van der Waals surface area contributed by atoms with Crippen LogP contribution in [-0.2, 0) is 20.9 Å². The Morgan fingerprint density at radius 3 is 2.61 bits per heavy atom. The van der Waals surface area contributed by atoms with E-state index in [1.807, 2.05) is 19.1 Å². The molecule has 182 valence electrons. The van der Waals surface area contributed by atoms with E-state index in [1.54, 1.807) is 0 Å². The molecule has 1 aromatic carbocycles. The van der Waals surface area contributed by atoms with Crippen LogP contribution in [0.15, 0.2) is 12.1 Å². The Morgan fingerprint density at radius 2 is 1.94 bits per heavy atom. The second-order valence-electron chi connectivity index (χ2n) is 10.3. The van der Waals surface area contributed by atoms with E-state index in [4.69, 9.17) is 16.3 Å². The largest absolute Gasteiger partial charge is 0.378 e. The molecule has 3 unspecified atom stereocenters. The molecule has 6 nitrogen and oxygen atoms in total. The van der Waals surface area contributed by atoms with Gasteiger partial charge in [-0.15, -0.1) is 0 Å². The number of hydrogen-bond acceptors (Lipinski definition) is 4. The van der Waals surface area contributed by atoms with Crippen molar-refractivity contribution in [3.8, 4) is 0 Å². The normalized spacial score (nSPS) is 26.7. The number of carbonyl (C=O) groups is 2. The molecule has 2 aliphatic heterocycles. The number of hydrogen-bond donors (Lipinski definition) is 1. The van der Waals surface area contributed by atoms with Crippen LogP contribution in [0.1, 0.15) is 63.5 Å². The lowest BCUT2D eigenvalue weighted by Crippen LogP contribution is -2.54. The van der Waals surface area contributed by atoms with Crippen LogP contribution in [0.3, 0.4) is 0 Å². The Kier molecular flexibility index (Phi) is 7.98. The van der Waals surface area contributed by atoms with E-state index in [9.17, 15) is 9.59 Å². The van der Waals surface area contributed by atoms with Gasteiger partial charge in [-0.1, -0.05) is 24.4 Å². The number of carbonyl (C=O) groups excluding carboxylic acids is 2. The predicted molar refractivity (Wildman–Crippen MR) is 131 cm³/mol. The van der Waals surface area contributed by atoms with Crippen molar-refractivity contribution in [3.63, 3.8) is 0 Å². The lowest BCUT2D eigenvalue weighted by atomic mass is 10.0. The molecule has 3 aliphatic rings. The summed E-state index contributed by atoms with van der Waals surface area (Å²) < 4.78 is 5.59. The van der Waals surface area contributed by atoms with Crippen LogP contribution < -0.4 is 5.32 Å². The van der Waals surface area contributed by atoms with Crippen molar-refractivity contribution in [2.75, 3.05) is 31.6 Å². The van der Waals surface area contributed by atoms with Gasteiger partial charge in [0.1, 0.15) is 0 Å². The molecule has 0 bridgehead atoms. The van der Waals surface area contributed by atoms with E-state index < -0.39 is 0 Å². The van der Waals surface area contributed by atoms with Gasteiger partial charge in [-0.05, 0) is 69.2 Å². The fourth-order valence-corrected chi connectivity index (χ4v) is 5.93. The number of nitrogens with one attached hydrogen (secondary N) is 1. The smallest absolute Gasteiger partial charge is 0.226 e. The molecule has 1 aliphatic carbocycles. The number of anilines is 1. The quantitative estimate of drug-likeness (QED) is 0.651. The molecule has 1 aromatic rings. The van der Waals surface area contributed by atoms with Gasteiger partial charge in [0.2, 0.25) is 11.8 Å². The molecule has 7 heteroatoms. The topological polar surface area (TPSA) is 61.9 Å². The Bertz CT molecular complexity index is 871. The molecular formula is C26H38ClN3O3. The highest BCUT2D eigenvalue weighted by molar-refractivity contribution is 6.31. The van der Waals surface area contributed by atoms with Crippen LogP contribution in [0.2, 0.25) is 5.02 Å². The van der Waals surface area contributed by atoms with Gasteiger partial charge in [0, 0.05) is 55.3 Å². The summed E-state index contributed by atoms with van der Waals surface area (Å²) in [6, 6.07) is 4.05. The van der Waals surface area contributed by atoms with Gasteiger partial charge in [-0.2, -0.15) is 0 Å². The molecule has 0 radical (unpaired) electrons. The van der Waals surface area contributed by atoms with E-state index in [1.165, 1.54) is 12.8 Å². The minimum Gasteiger partial charge on any atom is -0.378 e. The summed E-state index contributed by atoms with van der Waals surface area (Å²) in [5.41, 5.74) is 2.97. The van der Waals surface area contributed by atoms with Crippen LogP contribution in [0.4, 0.5) is 5.69 Å². The van der Waals surface area contributed by atoms with Crippen molar-refractivity contribution in [3.05, 3.63) is 28.3 Å². The maximum Gasteiger partial charge on any atom is 0.226 e. The van der Waals surface area contributed by atoms with Crippen molar-refractivity contribution in [2.45, 2.75) is 78.0 Å². The highest BCUT2D eigenvalue weighted by Gasteiger charge is 2.33. The first-order chi connectivity index (χ1) is 15.8. The second kappa shape index (κ2) is 10.7. The van der Waals surface area contributed by atoms with E-state index in [-0.39, 0.29) is 29.9 Å². The third-order valence-corrected chi connectivity index (χ3v) is 7.82. The Morgan fingerprint density at radius 1 is 1.18 bits per heavy atom. The number of ether oxygens (including phenoxy) is 1. The number of piperazine rings is 1. The summed E-state index contributed by atoms with van der Waals surface area (Å²) in [5, 5.41) is 3.71. The maximum atomic E-state index is 12.9. The lowest BCUT2D eigenvalue weighted by molar-refractivity contribution is -0.140. The van der Waals surface area contributed by atoms with Gasteiger partial charge in [0.05, 0.1) is 12.7 Å². The fourth-order valence-electron chi connectivity index (χ4n) is 5.69. The van der Waals surface area contributed by atoms with Gasteiger partial charge in [0.25, 0.3) is 0 Å². The van der Waals surface area contributed by atoms with Crippen LogP contribution in [-0.4, -0.2) is 60.0 Å². The van der Waals surface area contributed by atoms with Crippen molar-refractivity contribution < 1.29 is 14.3 Å². The fraction of sp³-hybridized carbons (Fsp3) is 0.692.